The van der Waals surface area contributed by atoms with Crippen molar-refractivity contribution in [2.45, 2.75) is 5.16 Å². The Balaban J connectivity index is 1.46. The molecular formula is C26H23N5O5S. The van der Waals surface area contributed by atoms with Gasteiger partial charge in [-0.2, -0.15) is 5.10 Å². The molecule has 1 heterocycles. The number of aliphatic carboxylic acids is 1. The SMILES string of the molecule is COc1ccc(-n2c(SCC(=O)NN=Cc3ccccc3OCC(=O)O)nnc2-c2ccccc2)cc1. The molecule has 1 amide bonds. The molecule has 4 rings (SSSR count). The highest BCUT2D eigenvalue weighted by molar-refractivity contribution is 7.99. The molecule has 11 heteroatoms. The lowest BCUT2D eigenvalue weighted by Crippen LogP contribution is -2.20. The van der Waals surface area contributed by atoms with E-state index >= 15 is 0 Å². The minimum Gasteiger partial charge on any atom is -0.497 e. The monoisotopic (exact) mass is 517 g/mol. The summed E-state index contributed by atoms with van der Waals surface area (Å²) in [4.78, 5) is 23.3. The van der Waals surface area contributed by atoms with Crippen LogP contribution in [0.5, 0.6) is 11.5 Å². The molecule has 0 spiro atoms. The fourth-order valence-electron chi connectivity index (χ4n) is 3.30. The number of methoxy groups -OCH3 is 1. The average molecular weight is 518 g/mol. The standard InChI is InChI=1S/C26H23N5O5S/c1-35-21-13-11-20(12-14-21)31-25(18-7-3-2-4-8-18)29-30-26(31)37-17-23(32)28-27-15-19-9-5-6-10-22(19)36-16-24(33)34/h2-15H,16-17H2,1H3,(H,28,32)(H,33,34). The number of hydrogen-bond donors (Lipinski definition) is 2. The van der Waals surface area contributed by atoms with Crippen molar-refractivity contribution < 1.29 is 24.2 Å². The number of carbonyl (C=O) groups is 2. The Morgan fingerprint density at radius 1 is 1.03 bits per heavy atom. The molecule has 1 aromatic heterocycles. The Bertz CT molecular complexity index is 1390. The third-order valence-electron chi connectivity index (χ3n) is 4.99. The van der Waals surface area contributed by atoms with E-state index in [9.17, 15) is 9.59 Å². The van der Waals surface area contributed by atoms with Gasteiger partial charge in [-0.25, -0.2) is 10.2 Å². The van der Waals surface area contributed by atoms with E-state index in [1.54, 1.807) is 31.4 Å². The summed E-state index contributed by atoms with van der Waals surface area (Å²) in [7, 11) is 1.60. The molecule has 2 N–H and O–H groups in total. The van der Waals surface area contributed by atoms with Gasteiger partial charge in [-0.3, -0.25) is 9.36 Å². The van der Waals surface area contributed by atoms with Crippen LogP contribution in [0.2, 0.25) is 0 Å². The lowest BCUT2D eigenvalue weighted by molar-refractivity contribution is -0.139. The highest BCUT2D eigenvalue weighted by atomic mass is 32.2. The number of nitrogens with zero attached hydrogens (tertiary/aromatic N) is 4. The van der Waals surface area contributed by atoms with Crippen LogP contribution in [0.1, 0.15) is 5.56 Å². The number of benzene rings is 3. The van der Waals surface area contributed by atoms with Crippen LogP contribution in [-0.2, 0) is 9.59 Å². The minimum absolute atomic E-state index is 0.0393. The number of ether oxygens (including phenoxy) is 2. The van der Waals surface area contributed by atoms with E-state index in [0.29, 0.717) is 22.3 Å². The van der Waals surface area contributed by atoms with Gasteiger partial charge in [-0.15, -0.1) is 10.2 Å². The van der Waals surface area contributed by atoms with Crippen LogP contribution in [0.15, 0.2) is 89.1 Å². The molecule has 37 heavy (non-hydrogen) atoms. The van der Waals surface area contributed by atoms with Crippen LogP contribution in [0.25, 0.3) is 17.1 Å². The van der Waals surface area contributed by atoms with E-state index in [1.807, 2.05) is 59.2 Å². The molecule has 0 fully saturated rings. The van der Waals surface area contributed by atoms with Gasteiger partial charge in [-0.05, 0) is 36.4 Å². The summed E-state index contributed by atoms with van der Waals surface area (Å²) in [5.74, 6) is 0.311. The zero-order valence-electron chi connectivity index (χ0n) is 19.8. The van der Waals surface area contributed by atoms with Gasteiger partial charge >= 0.3 is 5.97 Å². The Kier molecular flexibility index (Phi) is 8.50. The molecule has 0 atom stereocenters. The summed E-state index contributed by atoms with van der Waals surface area (Å²) in [5.41, 5.74) is 4.71. The van der Waals surface area contributed by atoms with E-state index in [1.165, 1.54) is 18.0 Å². The van der Waals surface area contributed by atoms with E-state index in [-0.39, 0.29) is 11.7 Å². The summed E-state index contributed by atoms with van der Waals surface area (Å²) in [6, 6.07) is 23.9. The average Bonchev–Trinajstić information content (AvgIpc) is 3.36. The van der Waals surface area contributed by atoms with Gasteiger partial charge < -0.3 is 14.6 Å². The van der Waals surface area contributed by atoms with Gasteiger partial charge in [0.2, 0.25) is 0 Å². The number of amides is 1. The number of para-hydroxylation sites is 1. The molecule has 0 bridgehead atoms. The molecule has 0 aliphatic rings. The fourth-order valence-corrected chi connectivity index (χ4v) is 4.04. The summed E-state index contributed by atoms with van der Waals surface area (Å²) < 4.78 is 12.4. The largest absolute Gasteiger partial charge is 0.497 e. The minimum atomic E-state index is -1.09. The molecule has 10 nitrogen and oxygen atoms in total. The van der Waals surface area contributed by atoms with Crippen molar-refractivity contribution in [2.75, 3.05) is 19.5 Å². The van der Waals surface area contributed by atoms with Crippen molar-refractivity contribution in [2.24, 2.45) is 5.10 Å². The number of carboxylic acid groups (broad SMARTS) is 1. The van der Waals surface area contributed by atoms with Crippen molar-refractivity contribution in [3.8, 4) is 28.6 Å². The van der Waals surface area contributed by atoms with Crippen LogP contribution in [0, 0.1) is 0 Å². The first-order valence-corrected chi connectivity index (χ1v) is 12.1. The molecule has 0 saturated carbocycles. The maximum atomic E-state index is 12.5. The topological polar surface area (TPSA) is 128 Å². The van der Waals surface area contributed by atoms with Gasteiger partial charge in [0.1, 0.15) is 11.5 Å². The van der Waals surface area contributed by atoms with Gasteiger partial charge in [0.05, 0.1) is 19.1 Å². The van der Waals surface area contributed by atoms with Gasteiger partial charge in [0.15, 0.2) is 17.6 Å². The Morgan fingerprint density at radius 2 is 1.76 bits per heavy atom. The van der Waals surface area contributed by atoms with E-state index in [0.717, 1.165) is 17.0 Å². The second kappa shape index (κ2) is 12.4. The normalized spacial score (nSPS) is 10.8. The maximum Gasteiger partial charge on any atom is 0.341 e. The third kappa shape index (κ3) is 6.73. The number of aromatic nitrogens is 3. The van der Waals surface area contributed by atoms with E-state index < -0.39 is 12.6 Å². The summed E-state index contributed by atoms with van der Waals surface area (Å²) in [6.07, 6.45) is 1.40. The first-order chi connectivity index (χ1) is 18.0. The Hall–Kier alpha value is -4.64. The molecule has 0 radical (unpaired) electrons. The van der Waals surface area contributed by atoms with Crippen molar-refractivity contribution in [1.29, 1.82) is 0 Å². The molecule has 188 valence electrons. The lowest BCUT2D eigenvalue weighted by atomic mass is 10.2. The number of hydrazone groups is 1. The zero-order chi connectivity index (χ0) is 26.0. The third-order valence-corrected chi connectivity index (χ3v) is 5.92. The highest BCUT2D eigenvalue weighted by Gasteiger charge is 2.17. The number of nitrogens with one attached hydrogen (secondary N) is 1. The number of carboxylic acids is 1. The van der Waals surface area contributed by atoms with E-state index in [2.05, 4.69) is 20.7 Å². The van der Waals surface area contributed by atoms with Crippen LogP contribution >= 0.6 is 11.8 Å². The van der Waals surface area contributed by atoms with Crippen molar-refractivity contribution in [3.05, 3.63) is 84.4 Å². The number of hydrogen-bond acceptors (Lipinski definition) is 8. The molecular weight excluding hydrogens is 494 g/mol. The van der Waals surface area contributed by atoms with Crippen molar-refractivity contribution in [3.63, 3.8) is 0 Å². The smallest absolute Gasteiger partial charge is 0.341 e. The van der Waals surface area contributed by atoms with Crippen LogP contribution < -0.4 is 14.9 Å². The fraction of sp³-hybridized carbons (Fsp3) is 0.115. The molecule has 0 aliphatic heterocycles. The Labute approximate surface area is 217 Å². The first kappa shape index (κ1) is 25.5. The summed E-state index contributed by atoms with van der Waals surface area (Å²) in [5, 5.41) is 22.0. The first-order valence-electron chi connectivity index (χ1n) is 11.1. The van der Waals surface area contributed by atoms with Gasteiger partial charge in [0.25, 0.3) is 5.91 Å². The van der Waals surface area contributed by atoms with Crippen LogP contribution in [0.4, 0.5) is 0 Å². The number of thioether (sulfide) groups is 1. The predicted octanol–water partition coefficient (Wildman–Crippen LogP) is 3.65. The Morgan fingerprint density at radius 3 is 2.49 bits per heavy atom. The lowest BCUT2D eigenvalue weighted by Gasteiger charge is -2.11. The molecule has 4 aromatic rings. The second-order valence-electron chi connectivity index (χ2n) is 7.51. The van der Waals surface area contributed by atoms with Crippen LogP contribution in [0.3, 0.4) is 0 Å². The van der Waals surface area contributed by atoms with Gasteiger partial charge in [-0.1, -0.05) is 54.2 Å². The quantitative estimate of drug-likeness (QED) is 0.175. The molecule has 0 aliphatic carbocycles. The number of rotatable bonds is 11. The summed E-state index contributed by atoms with van der Waals surface area (Å²) in [6.45, 7) is -0.478. The van der Waals surface area contributed by atoms with Crippen LogP contribution in [-0.4, -0.2) is 57.4 Å². The molecule has 0 saturated heterocycles. The summed E-state index contributed by atoms with van der Waals surface area (Å²) >= 11 is 1.22. The van der Waals surface area contributed by atoms with Crippen molar-refractivity contribution >= 4 is 29.9 Å². The maximum absolute atomic E-state index is 12.5. The second-order valence-corrected chi connectivity index (χ2v) is 8.45. The number of carbonyl (C=O) groups excluding carboxylic acids is 1. The molecule has 3 aromatic carbocycles. The van der Waals surface area contributed by atoms with E-state index in [4.69, 9.17) is 14.6 Å². The van der Waals surface area contributed by atoms with Crippen molar-refractivity contribution in [1.82, 2.24) is 20.2 Å². The predicted molar refractivity (Wildman–Crippen MR) is 139 cm³/mol. The molecule has 0 unspecified atom stereocenters. The van der Waals surface area contributed by atoms with Gasteiger partial charge in [0, 0.05) is 16.8 Å². The zero-order valence-corrected chi connectivity index (χ0v) is 20.6. The highest BCUT2D eigenvalue weighted by Crippen LogP contribution is 2.28.